The fourth-order valence-corrected chi connectivity index (χ4v) is 0. The Hall–Kier alpha value is -1.10. The molecule has 0 aliphatic heterocycles. The zero-order chi connectivity index (χ0) is 6.99. The summed E-state index contributed by atoms with van der Waals surface area (Å²) in [7, 11) is 0. The van der Waals surface area contributed by atoms with E-state index in [1.807, 2.05) is 0 Å². The van der Waals surface area contributed by atoms with Crippen molar-refractivity contribution in [3.63, 3.8) is 0 Å². The van der Waals surface area contributed by atoms with Gasteiger partial charge in [-0.3, -0.25) is 0 Å². The molecule has 0 aromatic heterocycles. The molecule has 0 saturated carbocycles. The Kier molecular flexibility index (Phi) is 11.6. The van der Waals surface area contributed by atoms with Gasteiger partial charge < -0.3 is 24.9 Å². The molecule has 0 rings (SSSR count). The van der Waals surface area contributed by atoms with Crippen LogP contribution in [0.15, 0.2) is 0 Å². The van der Waals surface area contributed by atoms with E-state index >= 15 is 0 Å². The van der Waals surface area contributed by atoms with Crippen LogP contribution in [0.1, 0.15) is 0 Å². The first-order valence-corrected chi connectivity index (χ1v) is 1.55. The molecule has 8 heavy (non-hydrogen) atoms. The van der Waals surface area contributed by atoms with E-state index in [-0.39, 0.29) is 0 Å². The molecular weight excluding hydrogens is 116 g/mol. The molecule has 0 aromatic carbocycles. The summed E-state index contributed by atoms with van der Waals surface area (Å²) in [6.45, 7) is -1.39. The fourth-order valence-electron chi connectivity index (χ4n) is 0. The molecule has 0 fully saturated rings. The third kappa shape index (κ3) is 92.0. The highest BCUT2D eigenvalue weighted by molar-refractivity contribution is 5.65. The highest BCUT2D eigenvalue weighted by Gasteiger charge is 1.66. The molecule has 48 valence electrons. The van der Waals surface area contributed by atoms with Gasteiger partial charge in [-0.05, 0) is 0 Å². The van der Waals surface area contributed by atoms with Crippen LogP contribution in [-0.2, 0) is 9.59 Å². The molecule has 0 amide bonds. The van der Waals surface area contributed by atoms with E-state index in [1.54, 1.807) is 0 Å². The topological polar surface area (TPSA) is 100 Å². The third-order valence-electron chi connectivity index (χ3n) is 0.129. The van der Waals surface area contributed by atoms with E-state index in [4.69, 9.17) is 24.9 Å². The lowest BCUT2D eigenvalue weighted by atomic mass is 10.8. The van der Waals surface area contributed by atoms with Crippen molar-refractivity contribution in [2.75, 3.05) is 6.61 Å². The van der Waals surface area contributed by atoms with Crippen LogP contribution < -0.4 is 10.2 Å². The molecule has 0 heterocycles. The molecular formula is C3H4O5-2. The van der Waals surface area contributed by atoms with E-state index in [1.165, 1.54) is 0 Å². The number of hydrogen-bond acceptors (Lipinski definition) is 5. The van der Waals surface area contributed by atoms with E-state index < -0.39 is 19.0 Å². The summed E-state index contributed by atoms with van der Waals surface area (Å²) < 4.78 is 0. The van der Waals surface area contributed by atoms with Crippen molar-refractivity contribution < 1.29 is 24.9 Å². The lowest BCUT2D eigenvalue weighted by molar-refractivity contribution is -0.308. The van der Waals surface area contributed by atoms with Crippen LogP contribution in [0.2, 0.25) is 0 Å². The third-order valence-corrected chi connectivity index (χ3v) is 0.129. The molecule has 5 heteroatoms. The second-order valence-corrected chi connectivity index (χ2v) is 0.626. The minimum Gasteiger partial charge on any atom is -0.554 e. The molecule has 5 nitrogen and oxygen atoms in total. The average Bonchev–Trinajstić information content (AvgIpc) is 1.69. The van der Waals surface area contributed by atoms with E-state index in [9.17, 15) is 0 Å². The van der Waals surface area contributed by atoms with Gasteiger partial charge in [-0.2, -0.15) is 0 Å². The zero-order valence-electron chi connectivity index (χ0n) is 3.86. The van der Waals surface area contributed by atoms with Crippen molar-refractivity contribution in [3.05, 3.63) is 0 Å². The van der Waals surface area contributed by atoms with Crippen molar-refractivity contribution in [1.82, 2.24) is 0 Å². The van der Waals surface area contributed by atoms with Gasteiger partial charge in [-0.15, -0.1) is 0 Å². The molecule has 0 bridgehead atoms. The Balaban J connectivity index is 0. The van der Waals surface area contributed by atoms with Gasteiger partial charge in [0.2, 0.25) is 0 Å². The van der Waals surface area contributed by atoms with Gasteiger partial charge in [0.15, 0.2) is 0 Å². The summed E-state index contributed by atoms with van der Waals surface area (Å²) in [6.07, 6.45) is 0. The summed E-state index contributed by atoms with van der Waals surface area (Å²) in [5.74, 6) is -1.44. The van der Waals surface area contributed by atoms with Gasteiger partial charge in [0.25, 0.3) is 0 Å². The molecule has 0 unspecified atom stereocenters. The Bertz CT molecular complexity index is 68.1. The number of carbonyl (C=O) groups excluding carboxylic acids is 2. The first kappa shape index (κ1) is 10.0. The van der Waals surface area contributed by atoms with E-state index in [0.29, 0.717) is 0 Å². The second kappa shape index (κ2) is 9.31. The summed E-state index contributed by atoms with van der Waals surface area (Å²) in [6, 6.07) is 0. The van der Waals surface area contributed by atoms with Crippen molar-refractivity contribution >= 4 is 12.4 Å². The molecule has 0 aliphatic rings. The number of carboxylic acid groups (broad SMARTS) is 2. The lowest BCUT2D eigenvalue weighted by Crippen LogP contribution is -2.25. The fraction of sp³-hybridized carbons (Fsp3) is 0.333. The standard InChI is InChI=1S/C2H4O3.CH2O2/c3-1-2(4)5;2-1-3/h3H,1H2,(H,4,5);1H,(H,2,3)/p-2. The molecule has 1 N–H and O–H groups in total. The molecule has 0 radical (unpaired) electrons. The Morgan fingerprint density at radius 3 is 1.88 bits per heavy atom. The SMILES string of the molecule is O=C([O-])CO.O=C[O-]. The largest absolute Gasteiger partial charge is 0.554 e. The number of aliphatic carboxylic acids is 1. The van der Waals surface area contributed by atoms with Gasteiger partial charge in [0.1, 0.15) is 0 Å². The van der Waals surface area contributed by atoms with Crippen LogP contribution in [0.25, 0.3) is 0 Å². The van der Waals surface area contributed by atoms with E-state index in [2.05, 4.69) is 0 Å². The monoisotopic (exact) mass is 120 g/mol. The Morgan fingerprint density at radius 1 is 1.75 bits per heavy atom. The maximum absolute atomic E-state index is 9.01. The molecule has 0 spiro atoms. The van der Waals surface area contributed by atoms with Crippen molar-refractivity contribution in [3.8, 4) is 0 Å². The van der Waals surface area contributed by atoms with Crippen LogP contribution in [0.3, 0.4) is 0 Å². The van der Waals surface area contributed by atoms with Crippen LogP contribution in [0.5, 0.6) is 0 Å². The van der Waals surface area contributed by atoms with Crippen molar-refractivity contribution in [2.24, 2.45) is 0 Å². The minimum atomic E-state index is -1.44. The quantitative estimate of drug-likeness (QED) is 0.356. The number of carbonyl (C=O) groups is 2. The maximum atomic E-state index is 9.01. The predicted octanol–water partition coefficient (Wildman–Crippen LogP) is -3.91. The predicted molar refractivity (Wildman–Crippen MR) is 18.2 cm³/mol. The molecule has 0 aromatic rings. The zero-order valence-corrected chi connectivity index (χ0v) is 3.86. The molecule has 0 atom stereocenters. The summed E-state index contributed by atoms with van der Waals surface area (Å²) in [5, 5.41) is 24.7. The smallest absolute Gasteiger partial charge is 0.0826 e. The number of hydrogen-bond donors (Lipinski definition) is 1. The molecule has 0 aliphatic carbocycles. The second-order valence-electron chi connectivity index (χ2n) is 0.626. The van der Waals surface area contributed by atoms with Gasteiger partial charge in [0, 0.05) is 6.47 Å². The van der Waals surface area contributed by atoms with Gasteiger partial charge in [-0.25, -0.2) is 0 Å². The Labute approximate surface area is 45.2 Å². The average molecular weight is 120 g/mol. The first-order valence-electron chi connectivity index (χ1n) is 1.55. The lowest BCUT2D eigenvalue weighted by Gasteiger charge is -1.86. The highest BCUT2D eigenvalue weighted by Crippen LogP contribution is 1.40. The van der Waals surface area contributed by atoms with Crippen LogP contribution >= 0.6 is 0 Å². The highest BCUT2D eigenvalue weighted by atomic mass is 16.4. The van der Waals surface area contributed by atoms with Gasteiger partial charge >= 0.3 is 0 Å². The van der Waals surface area contributed by atoms with Crippen LogP contribution in [-0.4, -0.2) is 24.2 Å². The first-order chi connectivity index (χ1) is 3.68. The summed E-state index contributed by atoms with van der Waals surface area (Å²) in [5.41, 5.74) is 0. The van der Waals surface area contributed by atoms with Crippen molar-refractivity contribution in [1.29, 1.82) is 0 Å². The van der Waals surface area contributed by atoms with Crippen LogP contribution in [0, 0.1) is 0 Å². The number of rotatable bonds is 1. The van der Waals surface area contributed by atoms with Crippen LogP contribution in [0.4, 0.5) is 0 Å². The molecule has 0 saturated heterocycles. The van der Waals surface area contributed by atoms with Gasteiger partial charge in [-0.1, -0.05) is 0 Å². The number of aliphatic hydroxyl groups excluding tert-OH is 1. The van der Waals surface area contributed by atoms with E-state index in [0.717, 1.165) is 0 Å². The van der Waals surface area contributed by atoms with Crippen molar-refractivity contribution in [2.45, 2.75) is 0 Å². The van der Waals surface area contributed by atoms with Gasteiger partial charge in [0.05, 0.1) is 12.6 Å². The summed E-state index contributed by atoms with van der Waals surface area (Å²) >= 11 is 0. The number of carboxylic acids is 1. The number of aliphatic hydroxyl groups is 1. The normalized spacial score (nSPS) is 6.12. The maximum Gasteiger partial charge on any atom is 0.0826 e. The Morgan fingerprint density at radius 2 is 1.88 bits per heavy atom. The minimum absolute atomic E-state index is 0.500. The summed E-state index contributed by atoms with van der Waals surface area (Å²) in [4.78, 5) is 17.3.